The number of aromatic nitrogens is 3. The van der Waals surface area contributed by atoms with Crippen molar-refractivity contribution in [2.24, 2.45) is 46.3 Å². The molecule has 2 bridgehead atoms. The first-order valence-electron chi connectivity index (χ1n) is 17.1. The highest BCUT2D eigenvalue weighted by molar-refractivity contribution is 5.38. The largest absolute Gasteiger partial charge is 0.352 e. The summed E-state index contributed by atoms with van der Waals surface area (Å²) in [5.41, 5.74) is -1.16. The van der Waals surface area contributed by atoms with E-state index in [4.69, 9.17) is 9.78 Å². The van der Waals surface area contributed by atoms with Crippen LogP contribution < -0.4 is 11.4 Å². The summed E-state index contributed by atoms with van der Waals surface area (Å²) in [5.74, 6) is 2.69. The molecule has 7 nitrogen and oxygen atoms in total. The van der Waals surface area contributed by atoms with Crippen molar-refractivity contribution < 1.29 is 9.78 Å². The van der Waals surface area contributed by atoms with E-state index >= 15 is 0 Å². The fourth-order valence-electron chi connectivity index (χ4n) is 11.2. The van der Waals surface area contributed by atoms with E-state index in [1.54, 1.807) is 7.11 Å². The molecule has 1 aromatic heterocycles. The van der Waals surface area contributed by atoms with Gasteiger partial charge in [-0.2, -0.15) is 0 Å². The van der Waals surface area contributed by atoms with Gasteiger partial charge in [-0.3, -0.25) is 0 Å². The Bertz CT molecular complexity index is 1600. The van der Waals surface area contributed by atoms with Crippen molar-refractivity contribution in [3.63, 3.8) is 0 Å². The highest BCUT2D eigenvalue weighted by Gasteiger charge is 2.75. The van der Waals surface area contributed by atoms with Crippen molar-refractivity contribution >= 4 is 0 Å². The lowest BCUT2D eigenvalue weighted by molar-refractivity contribution is -0.325. The van der Waals surface area contributed by atoms with Crippen LogP contribution in [0.4, 0.5) is 0 Å². The van der Waals surface area contributed by atoms with Gasteiger partial charge in [0.05, 0.1) is 30.0 Å². The van der Waals surface area contributed by atoms with Crippen LogP contribution in [-0.2, 0) is 20.9 Å². The quantitative estimate of drug-likeness (QED) is 0.198. The zero-order chi connectivity index (χ0) is 31.2. The molecule has 2 aliphatic heterocycles. The Hall–Kier alpha value is -2.64. The number of hydrogen-bond acceptors (Lipinski definition) is 4. The van der Waals surface area contributed by atoms with Crippen LogP contribution in [0.3, 0.4) is 0 Å². The molecule has 7 heteroatoms. The van der Waals surface area contributed by atoms with E-state index in [2.05, 4.69) is 65.8 Å². The third-order valence-electron chi connectivity index (χ3n) is 13.7. The van der Waals surface area contributed by atoms with Crippen LogP contribution in [0.5, 0.6) is 0 Å². The van der Waals surface area contributed by atoms with Gasteiger partial charge in [0, 0.05) is 11.8 Å². The predicted molar refractivity (Wildman–Crippen MR) is 173 cm³/mol. The van der Waals surface area contributed by atoms with Gasteiger partial charge >= 0.3 is 11.4 Å². The van der Waals surface area contributed by atoms with E-state index in [0.717, 1.165) is 38.5 Å². The van der Waals surface area contributed by atoms with Crippen molar-refractivity contribution in [3.05, 3.63) is 75.6 Å². The van der Waals surface area contributed by atoms with E-state index in [-0.39, 0.29) is 40.1 Å². The summed E-state index contributed by atoms with van der Waals surface area (Å²) in [6.45, 7) is 14.2. The molecule has 2 spiro atoms. The van der Waals surface area contributed by atoms with Crippen LogP contribution in [0.2, 0.25) is 0 Å². The maximum Gasteiger partial charge on any atom is 0.352 e. The molecule has 3 heterocycles. The summed E-state index contributed by atoms with van der Waals surface area (Å²) >= 11 is 0. The first-order valence-corrected chi connectivity index (χ1v) is 17.1. The molecule has 4 aliphatic carbocycles. The van der Waals surface area contributed by atoms with Crippen LogP contribution in [0, 0.1) is 46.3 Å². The number of hydrogen-bond donors (Lipinski definition) is 0. The average molecular weight is 602 g/mol. The topological polar surface area (TPSA) is 67.4 Å². The second kappa shape index (κ2) is 10.2. The fraction of sp³-hybridized carbons (Fsp3) is 0.676. The first-order chi connectivity index (χ1) is 21.0. The van der Waals surface area contributed by atoms with E-state index in [1.165, 1.54) is 4.57 Å². The van der Waals surface area contributed by atoms with E-state index in [0.29, 0.717) is 35.8 Å². The Balaban J connectivity index is 1.42. The average Bonchev–Trinajstić information content (AvgIpc) is 3.51. The molecule has 10 atom stereocenters. The van der Waals surface area contributed by atoms with Crippen LogP contribution in [0.25, 0.3) is 5.69 Å². The Morgan fingerprint density at radius 1 is 0.864 bits per heavy atom. The van der Waals surface area contributed by atoms with Crippen molar-refractivity contribution in [3.8, 4) is 5.69 Å². The smallest absolute Gasteiger partial charge is 0.245 e. The van der Waals surface area contributed by atoms with Gasteiger partial charge in [0.2, 0.25) is 0 Å². The van der Waals surface area contributed by atoms with Crippen LogP contribution in [0.1, 0.15) is 86.5 Å². The van der Waals surface area contributed by atoms with Crippen LogP contribution in [-0.4, -0.2) is 27.1 Å². The van der Waals surface area contributed by atoms with Crippen molar-refractivity contribution in [1.29, 1.82) is 0 Å². The standard InChI is InChI=1S/C37H51N3O4/c1-24(2)25(3)13-14-26(4)29-15-16-30-34(29,5)19-18-31-35(6)20-17-28(44-43-7)23-36(35)21-22-37(30,31)40-33(42)38(32(41)39(36)40)27-11-9-8-10-12-27/h8-14,21-22,24-26,28-31H,15-20,23H2,1-7H3/b14-13+/t25-,26+,28-,29+,30+,31?,34+,35+,36+,37-/m0/s1. The van der Waals surface area contributed by atoms with Gasteiger partial charge in [0.25, 0.3) is 0 Å². The van der Waals surface area contributed by atoms with E-state index in [9.17, 15) is 9.59 Å². The molecule has 44 heavy (non-hydrogen) atoms. The zero-order valence-electron chi connectivity index (χ0n) is 27.7. The molecule has 0 amide bonds. The van der Waals surface area contributed by atoms with Gasteiger partial charge in [-0.15, -0.1) is 0 Å². The van der Waals surface area contributed by atoms with Gasteiger partial charge in [0.1, 0.15) is 0 Å². The van der Waals surface area contributed by atoms with Crippen molar-refractivity contribution in [1.82, 2.24) is 13.9 Å². The molecule has 1 unspecified atom stereocenters. The minimum atomic E-state index is -0.661. The first kappa shape index (κ1) is 30.0. The molecule has 3 fully saturated rings. The Morgan fingerprint density at radius 3 is 2.30 bits per heavy atom. The number of allylic oxidation sites excluding steroid dienone is 4. The molecular formula is C37H51N3O4. The van der Waals surface area contributed by atoms with Crippen molar-refractivity contribution in [2.45, 2.75) is 104 Å². The molecule has 0 N–H and O–H groups in total. The van der Waals surface area contributed by atoms with E-state index in [1.807, 2.05) is 39.7 Å². The lowest BCUT2D eigenvalue weighted by atomic mass is 9.40. The van der Waals surface area contributed by atoms with Crippen molar-refractivity contribution in [2.75, 3.05) is 7.11 Å². The van der Waals surface area contributed by atoms with Crippen LogP contribution in [0.15, 0.2) is 64.2 Å². The Kier molecular flexibility index (Phi) is 6.95. The van der Waals surface area contributed by atoms with Gasteiger partial charge in [-0.25, -0.2) is 33.3 Å². The molecular weight excluding hydrogens is 550 g/mol. The number of para-hydroxylation sites is 1. The minimum absolute atomic E-state index is 0.0604. The molecule has 0 radical (unpaired) electrons. The monoisotopic (exact) mass is 601 g/mol. The van der Waals surface area contributed by atoms with Crippen LogP contribution >= 0.6 is 0 Å². The summed E-state index contributed by atoms with van der Waals surface area (Å²) in [7, 11) is 1.56. The number of nitrogens with zero attached hydrogens (tertiary/aromatic N) is 3. The van der Waals surface area contributed by atoms with Gasteiger partial charge in [-0.1, -0.05) is 84.0 Å². The van der Waals surface area contributed by atoms with Gasteiger partial charge < -0.3 is 0 Å². The molecule has 3 saturated carbocycles. The lowest BCUT2D eigenvalue weighted by Crippen LogP contribution is -2.76. The summed E-state index contributed by atoms with van der Waals surface area (Å²) < 4.78 is 5.30. The highest BCUT2D eigenvalue weighted by Crippen LogP contribution is 2.74. The molecule has 6 aliphatic rings. The molecule has 2 aromatic rings. The summed E-state index contributed by atoms with van der Waals surface area (Å²) in [6, 6.07) is 9.47. The molecule has 238 valence electrons. The summed E-state index contributed by atoms with van der Waals surface area (Å²) in [6.07, 6.45) is 16.3. The molecule has 0 saturated heterocycles. The predicted octanol–water partition coefficient (Wildman–Crippen LogP) is 6.84. The van der Waals surface area contributed by atoms with Gasteiger partial charge in [-0.05, 0) is 91.6 Å². The maximum absolute atomic E-state index is 14.8. The SMILES string of the molecule is COO[C@H]1CC[C@]2(C)C3CC[C@]4(C)[C@@H]([C@H](C)/C=C/[C@H](C)C(C)C)CC[C@H]4[C@@]34C=C[C@]2(C1)n1c(=O)n(-c2ccccc2)c(=O)n14. The second-order valence-electron chi connectivity index (χ2n) is 15.7. The third kappa shape index (κ3) is 3.69. The second-order valence-corrected chi connectivity index (χ2v) is 15.7. The Labute approximate surface area is 261 Å². The highest BCUT2D eigenvalue weighted by atomic mass is 17.2. The minimum Gasteiger partial charge on any atom is -0.245 e. The summed E-state index contributed by atoms with van der Waals surface area (Å²) in [4.78, 5) is 40.4. The third-order valence-corrected chi connectivity index (χ3v) is 13.7. The molecule has 8 rings (SSSR count). The van der Waals surface area contributed by atoms with E-state index < -0.39 is 11.1 Å². The number of rotatable bonds is 7. The zero-order valence-corrected chi connectivity index (χ0v) is 27.7. The number of fused-ring (bicyclic) bond motifs is 1. The fourth-order valence-corrected chi connectivity index (χ4v) is 11.2. The number of benzene rings is 1. The van der Waals surface area contributed by atoms with Gasteiger partial charge in [0.15, 0.2) is 0 Å². The lowest BCUT2D eigenvalue weighted by Gasteiger charge is -2.71. The molecule has 1 aromatic carbocycles. The summed E-state index contributed by atoms with van der Waals surface area (Å²) in [5, 5.41) is 0. The Morgan fingerprint density at radius 2 is 1.59 bits per heavy atom. The maximum atomic E-state index is 14.8. The normalized spacial score (nSPS) is 40.1.